The summed E-state index contributed by atoms with van der Waals surface area (Å²) < 4.78 is 37.6. The van der Waals surface area contributed by atoms with E-state index in [0.29, 0.717) is 11.5 Å². The van der Waals surface area contributed by atoms with Crippen molar-refractivity contribution in [2.75, 3.05) is 0 Å². The molecular weight excluding hydrogens is 257 g/mol. The second kappa shape index (κ2) is 6.42. The highest BCUT2D eigenvalue weighted by Crippen LogP contribution is 2.29. The average Bonchev–Trinajstić information content (AvgIpc) is 2.33. The Morgan fingerprint density at radius 1 is 1.37 bits per heavy atom. The van der Waals surface area contributed by atoms with Crippen molar-refractivity contribution in [2.24, 2.45) is 10.8 Å². The zero-order valence-corrected chi connectivity index (χ0v) is 10.8. The van der Waals surface area contributed by atoms with Crippen molar-refractivity contribution in [3.05, 3.63) is 35.4 Å². The van der Waals surface area contributed by atoms with E-state index in [1.165, 1.54) is 6.07 Å². The summed E-state index contributed by atoms with van der Waals surface area (Å²) in [6, 6.07) is 5.17. The highest BCUT2D eigenvalue weighted by atomic mass is 19.4. The maximum atomic E-state index is 12.5. The van der Waals surface area contributed by atoms with Gasteiger partial charge in [0.25, 0.3) is 0 Å². The number of alkyl halides is 3. The molecule has 0 amide bonds. The molecule has 0 fully saturated rings. The molecule has 0 radical (unpaired) electrons. The van der Waals surface area contributed by atoms with Crippen molar-refractivity contribution >= 4 is 5.96 Å². The van der Waals surface area contributed by atoms with Crippen LogP contribution in [0.15, 0.2) is 29.3 Å². The van der Waals surface area contributed by atoms with Crippen LogP contribution >= 0.6 is 0 Å². The number of benzene rings is 1. The molecule has 0 spiro atoms. The molecule has 4 N–H and O–H groups in total. The Hall–Kier alpha value is -1.76. The van der Waals surface area contributed by atoms with E-state index in [-0.39, 0.29) is 12.6 Å². The van der Waals surface area contributed by atoms with Crippen LogP contribution in [0.3, 0.4) is 0 Å². The Labute approximate surface area is 109 Å². The normalized spacial score (nSPS) is 12.7. The zero-order chi connectivity index (χ0) is 14.5. The van der Waals surface area contributed by atoms with Crippen LogP contribution in [0.4, 0.5) is 13.2 Å². The van der Waals surface area contributed by atoms with Crippen molar-refractivity contribution in [1.82, 2.24) is 10.7 Å². The van der Waals surface area contributed by atoms with Gasteiger partial charge >= 0.3 is 6.18 Å². The fourth-order valence-electron chi connectivity index (χ4n) is 1.42. The van der Waals surface area contributed by atoms with Gasteiger partial charge in [-0.15, -0.1) is 0 Å². The second-order valence-corrected chi connectivity index (χ2v) is 4.31. The number of hydrogen-bond acceptors (Lipinski definition) is 2. The zero-order valence-electron chi connectivity index (χ0n) is 10.8. The molecule has 0 aliphatic rings. The predicted molar refractivity (Wildman–Crippen MR) is 68.2 cm³/mol. The van der Waals surface area contributed by atoms with E-state index in [1.807, 2.05) is 13.8 Å². The lowest BCUT2D eigenvalue weighted by Crippen LogP contribution is -2.44. The molecule has 106 valence electrons. The summed E-state index contributed by atoms with van der Waals surface area (Å²) in [5, 5.41) is 2.94. The Morgan fingerprint density at radius 2 is 2.05 bits per heavy atom. The highest BCUT2D eigenvalue weighted by Gasteiger charge is 2.30. The Kier molecular flexibility index (Phi) is 5.17. The molecule has 4 nitrogen and oxygen atoms in total. The lowest BCUT2D eigenvalue weighted by atomic mass is 10.1. The van der Waals surface area contributed by atoms with Gasteiger partial charge in [0.15, 0.2) is 0 Å². The number of guanidine groups is 1. The third kappa shape index (κ3) is 5.17. The first-order valence-electron chi connectivity index (χ1n) is 5.76. The lowest BCUT2D eigenvalue weighted by molar-refractivity contribution is -0.137. The van der Waals surface area contributed by atoms with Gasteiger partial charge in [0.2, 0.25) is 5.96 Å². The molecule has 0 bridgehead atoms. The summed E-state index contributed by atoms with van der Waals surface area (Å²) in [7, 11) is 0. The summed E-state index contributed by atoms with van der Waals surface area (Å²) in [5.74, 6) is 5.60. The minimum absolute atomic E-state index is 0.114. The van der Waals surface area contributed by atoms with Gasteiger partial charge in [-0.05, 0) is 31.5 Å². The van der Waals surface area contributed by atoms with Crippen LogP contribution in [0, 0.1) is 0 Å². The van der Waals surface area contributed by atoms with E-state index in [0.717, 1.165) is 12.1 Å². The average molecular weight is 274 g/mol. The van der Waals surface area contributed by atoms with Crippen molar-refractivity contribution in [3.8, 4) is 0 Å². The Bertz CT molecular complexity index is 441. The molecule has 0 atom stereocenters. The Morgan fingerprint density at radius 3 is 2.58 bits per heavy atom. The minimum atomic E-state index is -4.34. The first-order chi connectivity index (χ1) is 8.82. The molecule has 19 heavy (non-hydrogen) atoms. The largest absolute Gasteiger partial charge is 0.416 e. The molecular formula is C12H17F3N4. The maximum absolute atomic E-state index is 12.5. The summed E-state index contributed by atoms with van der Waals surface area (Å²) in [6.45, 7) is 3.91. The number of rotatable bonds is 3. The minimum Gasteiger partial charge on any atom is -0.353 e. The van der Waals surface area contributed by atoms with Crippen LogP contribution in [-0.4, -0.2) is 12.0 Å². The van der Waals surface area contributed by atoms with E-state index in [2.05, 4.69) is 15.7 Å². The molecule has 0 aliphatic carbocycles. The fourth-order valence-corrected chi connectivity index (χ4v) is 1.42. The van der Waals surface area contributed by atoms with Gasteiger partial charge in [-0.25, -0.2) is 10.8 Å². The second-order valence-electron chi connectivity index (χ2n) is 4.31. The van der Waals surface area contributed by atoms with Gasteiger partial charge in [-0.3, -0.25) is 5.43 Å². The molecule has 1 aromatic carbocycles. The number of halogens is 3. The molecule has 0 aromatic heterocycles. The monoisotopic (exact) mass is 274 g/mol. The first kappa shape index (κ1) is 15.3. The third-order valence-electron chi connectivity index (χ3n) is 2.24. The topological polar surface area (TPSA) is 62.4 Å². The number of hydrazine groups is 1. The van der Waals surface area contributed by atoms with E-state index in [4.69, 9.17) is 5.84 Å². The predicted octanol–water partition coefficient (Wildman–Crippen LogP) is 2.02. The molecule has 0 unspecified atom stereocenters. The Balaban J connectivity index is 2.79. The molecule has 0 saturated carbocycles. The summed E-state index contributed by atoms with van der Waals surface area (Å²) in [6.07, 6.45) is -4.34. The van der Waals surface area contributed by atoms with Gasteiger partial charge in [0.05, 0.1) is 12.1 Å². The van der Waals surface area contributed by atoms with Crippen LogP contribution in [0.2, 0.25) is 0 Å². The quantitative estimate of drug-likeness (QED) is 0.342. The van der Waals surface area contributed by atoms with E-state index in [9.17, 15) is 13.2 Å². The van der Waals surface area contributed by atoms with Gasteiger partial charge in [0, 0.05) is 6.04 Å². The highest BCUT2D eigenvalue weighted by molar-refractivity contribution is 5.79. The number of hydrogen-bond donors (Lipinski definition) is 3. The fraction of sp³-hybridized carbons (Fsp3) is 0.417. The van der Waals surface area contributed by atoms with Gasteiger partial charge in [-0.2, -0.15) is 13.2 Å². The number of aliphatic imine (C=N–C) groups is 1. The van der Waals surface area contributed by atoms with Gasteiger partial charge in [-0.1, -0.05) is 12.1 Å². The number of nitrogens with two attached hydrogens (primary N) is 1. The molecule has 1 rings (SSSR count). The SMILES string of the molecule is CC(C)NC(=NCc1cccc(C(F)(F)F)c1)NN. The van der Waals surface area contributed by atoms with Gasteiger partial charge < -0.3 is 5.32 Å². The summed E-state index contributed by atoms with van der Waals surface area (Å²) >= 11 is 0. The van der Waals surface area contributed by atoms with Crippen molar-refractivity contribution in [1.29, 1.82) is 0 Å². The lowest BCUT2D eigenvalue weighted by Gasteiger charge is -2.12. The van der Waals surface area contributed by atoms with Crippen LogP contribution < -0.4 is 16.6 Å². The van der Waals surface area contributed by atoms with Crippen LogP contribution in [0.1, 0.15) is 25.0 Å². The molecule has 0 heterocycles. The van der Waals surface area contributed by atoms with Crippen LogP contribution in [-0.2, 0) is 12.7 Å². The maximum Gasteiger partial charge on any atom is 0.416 e. The van der Waals surface area contributed by atoms with E-state index >= 15 is 0 Å². The summed E-state index contributed by atoms with van der Waals surface area (Å²) in [4.78, 5) is 4.08. The van der Waals surface area contributed by atoms with Crippen LogP contribution in [0.5, 0.6) is 0 Å². The van der Waals surface area contributed by atoms with Gasteiger partial charge in [0.1, 0.15) is 0 Å². The third-order valence-corrected chi connectivity index (χ3v) is 2.24. The van der Waals surface area contributed by atoms with E-state index < -0.39 is 11.7 Å². The molecule has 0 saturated heterocycles. The molecule has 7 heteroatoms. The first-order valence-corrected chi connectivity index (χ1v) is 5.76. The van der Waals surface area contributed by atoms with Crippen molar-refractivity contribution in [2.45, 2.75) is 32.6 Å². The van der Waals surface area contributed by atoms with E-state index in [1.54, 1.807) is 6.07 Å². The smallest absolute Gasteiger partial charge is 0.353 e. The number of nitrogens with zero attached hydrogens (tertiary/aromatic N) is 1. The van der Waals surface area contributed by atoms with Crippen LogP contribution in [0.25, 0.3) is 0 Å². The summed E-state index contributed by atoms with van der Waals surface area (Å²) in [5.41, 5.74) is 2.15. The molecule has 0 aliphatic heterocycles. The number of nitrogens with one attached hydrogen (secondary N) is 2. The standard InChI is InChI=1S/C12H17F3N4/c1-8(2)18-11(19-16)17-7-9-4-3-5-10(6-9)12(13,14)15/h3-6,8H,7,16H2,1-2H3,(H2,17,18,19). The van der Waals surface area contributed by atoms with Crippen molar-refractivity contribution < 1.29 is 13.2 Å². The van der Waals surface area contributed by atoms with Crippen molar-refractivity contribution in [3.63, 3.8) is 0 Å². The molecule has 1 aromatic rings.